The van der Waals surface area contributed by atoms with E-state index in [0.717, 1.165) is 16.7 Å². The average molecular weight is 315 g/mol. The molecule has 0 spiro atoms. The second-order valence-electron chi connectivity index (χ2n) is 4.27. The molecule has 1 heterocycles. The summed E-state index contributed by atoms with van der Waals surface area (Å²) in [6.45, 7) is 1.68. The summed E-state index contributed by atoms with van der Waals surface area (Å²) in [6, 6.07) is 1.83. The van der Waals surface area contributed by atoms with Crippen molar-refractivity contribution < 1.29 is 18.3 Å². The molecule has 1 atom stereocenters. The summed E-state index contributed by atoms with van der Waals surface area (Å²) >= 11 is 1.44. The normalized spacial score (nSPS) is 12.3. The van der Waals surface area contributed by atoms with Crippen LogP contribution < -0.4 is 5.32 Å². The van der Waals surface area contributed by atoms with E-state index in [1.807, 2.05) is 11.4 Å². The fraction of sp³-hybridized carbons (Fsp3) is 0.462. The zero-order valence-electron chi connectivity index (χ0n) is 11.3. The third-order valence-electron chi connectivity index (χ3n) is 2.57. The molecule has 0 aliphatic rings. The molecule has 1 rings (SSSR count). The van der Waals surface area contributed by atoms with Crippen LogP contribution >= 0.6 is 11.3 Å². The van der Waals surface area contributed by atoms with E-state index in [1.54, 1.807) is 0 Å². The number of carbonyl (C=O) groups excluding carboxylic acids is 1. The Morgan fingerprint density at radius 3 is 2.85 bits per heavy atom. The Hall–Kier alpha value is -1.36. The van der Waals surface area contributed by atoms with Crippen molar-refractivity contribution in [2.24, 2.45) is 0 Å². The average Bonchev–Trinajstić information content (AvgIpc) is 2.82. The first kappa shape index (κ1) is 16.7. The van der Waals surface area contributed by atoms with Gasteiger partial charge in [0, 0.05) is 28.5 Å². The molecule has 0 saturated carbocycles. The Labute approximate surface area is 122 Å². The van der Waals surface area contributed by atoms with Gasteiger partial charge in [0.05, 0.1) is 13.2 Å². The number of rotatable bonds is 5. The highest BCUT2D eigenvalue weighted by atomic mass is 32.2. The van der Waals surface area contributed by atoms with Crippen LogP contribution in [-0.4, -0.2) is 37.5 Å². The molecule has 2 N–H and O–H groups in total. The Bertz CT molecular complexity index is 622. The second kappa shape index (κ2) is 7.43. The van der Waals surface area contributed by atoms with Crippen LogP contribution in [0.1, 0.15) is 23.8 Å². The highest BCUT2D eigenvalue weighted by Crippen LogP contribution is 2.13. The van der Waals surface area contributed by atoms with Crippen molar-refractivity contribution in [1.82, 2.24) is 5.32 Å². The van der Waals surface area contributed by atoms with Gasteiger partial charge in [0.1, 0.15) is 5.25 Å². The number of thiophene rings is 1. The molecule has 0 aliphatic carbocycles. The summed E-state index contributed by atoms with van der Waals surface area (Å²) in [7, 11) is -3.37. The van der Waals surface area contributed by atoms with Gasteiger partial charge in [0.2, 0.25) is 5.91 Å². The minimum atomic E-state index is -3.37. The number of carbonyl (C=O) groups is 1. The summed E-state index contributed by atoms with van der Waals surface area (Å²) in [5.74, 6) is 5.19. The number of aliphatic hydroxyl groups excluding tert-OH is 1. The molecule has 7 heteroatoms. The quantitative estimate of drug-likeness (QED) is 0.777. The molecule has 0 radical (unpaired) electrons. The molecule has 110 valence electrons. The molecule has 1 aromatic rings. The zero-order valence-corrected chi connectivity index (χ0v) is 13.0. The lowest BCUT2D eigenvalue weighted by atomic mass is 10.3. The van der Waals surface area contributed by atoms with E-state index in [2.05, 4.69) is 17.2 Å². The van der Waals surface area contributed by atoms with Gasteiger partial charge < -0.3 is 10.4 Å². The molecule has 0 fully saturated rings. The molecule has 1 amide bonds. The molecule has 0 aliphatic heterocycles. The highest BCUT2D eigenvalue weighted by molar-refractivity contribution is 7.92. The van der Waals surface area contributed by atoms with Gasteiger partial charge in [-0.05, 0) is 13.0 Å². The molecule has 5 nitrogen and oxygen atoms in total. The van der Waals surface area contributed by atoms with Crippen LogP contribution in [0, 0.1) is 11.8 Å². The zero-order chi connectivity index (χ0) is 15.2. The van der Waals surface area contributed by atoms with E-state index >= 15 is 0 Å². The Balaban J connectivity index is 2.55. The standard InChI is InChI=1S/C13H17NO4S2/c1-10(20(2,17)18)13(16)14-8-12-7-11(9-19-12)5-3-4-6-15/h7,9-10,15H,4,6,8H2,1-2H3,(H,14,16). The van der Waals surface area contributed by atoms with Gasteiger partial charge in [-0.3, -0.25) is 4.79 Å². The number of amides is 1. The molecule has 1 unspecified atom stereocenters. The first-order valence-electron chi connectivity index (χ1n) is 5.98. The van der Waals surface area contributed by atoms with Gasteiger partial charge in [-0.15, -0.1) is 11.3 Å². The predicted octanol–water partition coefficient (Wildman–Crippen LogP) is 0.531. The minimum absolute atomic E-state index is 0.0312. The van der Waals surface area contributed by atoms with Crippen LogP contribution in [0.3, 0.4) is 0 Å². The summed E-state index contributed by atoms with van der Waals surface area (Å²) in [4.78, 5) is 12.5. The fourth-order valence-electron chi connectivity index (χ4n) is 1.27. The molecular formula is C13H17NO4S2. The van der Waals surface area contributed by atoms with Crippen molar-refractivity contribution in [1.29, 1.82) is 0 Å². The van der Waals surface area contributed by atoms with Gasteiger partial charge in [0.25, 0.3) is 0 Å². The maximum absolute atomic E-state index is 11.6. The fourth-order valence-corrected chi connectivity index (χ4v) is 2.50. The summed E-state index contributed by atoms with van der Waals surface area (Å²) < 4.78 is 22.5. The third kappa shape index (κ3) is 5.33. The predicted molar refractivity (Wildman–Crippen MR) is 79.1 cm³/mol. The highest BCUT2D eigenvalue weighted by Gasteiger charge is 2.23. The van der Waals surface area contributed by atoms with E-state index in [0.29, 0.717) is 6.42 Å². The van der Waals surface area contributed by atoms with E-state index in [1.165, 1.54) is 18.3 Å². The van der Waals surface area contributed by atoms with Crippen molar-refractivity contribution in [3.8, 4) is 11.8 Å². The van der Waals surface area contributed by atoms with Gasteiger partial charge in [-0.1, -0.05) is 11.8 Å². The number of sulfone groups is 1. The molecule has 0 aromatic carbocycles. The Morgan fingerprint density at radius 2 is 2.25 bits per heavy atom. The lowest BCUT2D eigenvalue weighted by Crippen LogP contribution is -2.36. The van der Waals surface area contributed by atoms with Crippen LogP contribution in [0.2, 0.25) is 0 Å². The number of nitrogens with one attached hydrogen (secondary N) is 1. The minimum Gasteiger partial charge on any atom is -0.395 e. The molecule has 20 heavy (non-hydrogen) atoms. The number of hydrogen-bond acceptors (Lipinski definition) is 5. The molecule has 0 bridgehead atoms. The first-order chi connectivity index (χ1) is 9.34. The van der Waals surface area contributed by atoms with Gasteiger partial charge in [-0.25, -0.2) is 8.42 Å². The van der Waals surface area contributed by atoms with E-state index in [-0.39, 0.29) is 13.2 Å². The summed E-state index contributed by atoms with van der Waals surface area (Å²) in [5.41, 5.74) is 0.823. The second-order valence-corrected chi connectivity index (χ2v) is 7.63. The van der Waals surface area contributed by atoms with Crippen molar-refractivity contribution in [3.05, 3.63) is 21.9 Å². The molecule has 1 aromatic heterocycles. The number of hydrogen-bond donors (Lipinski definition) is 2. The Kier molecular flexibility index (Phi) is 6.20. The van der Waals surface area contributed by atoms with E-state index in [4.69, 9.17) is 5.11 Å². The van der Waals surface area contributed by atoms with Crippen LogP contribution in [-0.2, 0) is 21.2 Å². The molecular weight excluding hydrogens is 298 g/mol. The molecule has 0 saturated heterocycles. The SMILES string of the molecule is CC(C(=O)NCc1cc(C#CCCO)cs1)S(C)(=O)=O. The van der Waals surface area contributed by atoms with Crippen LogP contribution in [0.4, 0.5) is 0 Å². The van der Waals surface area contributed by atoms with Crippen LogP contribution in [0.25, 0.3) is 0 Å². The smallest absolute Gasteiger partial charge is 0.238 e. The lowest BCUT2D eigenvalue weighted by molar-refractivity contribution is -0.120. The van der Waals surface area contributed by atoms with Crippen LogP contribution in [0.15, 0.2) is 11.4 Å². The van der Waals surface area contributed by atoms with E-state index < -0.39 is 21.0 Å². The maximum atomic E-state index is 11.6. The van der Waals surface area contributed by atoms with Crippen molar-refractivity contribution >= 4 is 27.1 Å². The van der Waals surface area contributed by atoms with Crippen molar-refractivity contribution in [3.63, 3.8) is 0 Å². The van der Waals surface area contributed by atoms with Gasteiger partial charge in [0.15, 0.2) is 9.84 Å². The van der Waals surface area contributed by atoms with Crippen molar-refractivity contribution in [2.45, 2.75) is 25.1 Å². The monoisotopic (exact) mass is 315 g/mol. The summed E-state index contributed by atoms with van der Waals surface area (Å²) in [5, 5.41) is 12.0. The Morgan fingerprint density at radius 1 is 1.55 bits per heavy atom. The third-order valence-corrected chi connectivity index (χ3v) is 5.01. The first-order valence-corrected chi connectivity index (χ1v) is 8.81. The van der Waals surface area contributed by atoms with Crippen molar-refractivity contribution in [2.75, 3.05) is 12.9 Å². The largest absolute Gasteiger partial charge is 0.395 e. The maximum Gasteiger partial charge on any atom is 0.238 e. The number of aliphatic hydroxyl groups is 1. The van der Waals surface area contributed by atoms with Gasteiger partial charge >= 0.3 is 0 Å². The van der Waals surface area contributed by atoms with Gasteiger partial charge in [-0.2, -0.15) is 0 Å². The van der Waals surface area contributed by atoms with Crippen LogP contribution in [0.5, 0.6) is 0 Å². The lowest BCUT2D eigenvalue weighted by Gasteiger charge is -2.09. The topological polar surface area (TPSA) is 83.5 Å². The summed E-state index contributed by atoms with van der Waals surface area (Å²) in [6.07, 6.45) is 1.46. The van der Waals surface area contributed by atoms with E-state index in [9.17, 15) is 13.2 Å².